The van der Waals surface area contributed by atoms with Gasteiger partial charge in [0.1, 0.15) is 0 Å². The first-order valence-electron chi connectivity index (χ1n) is 7.67. The van der Waals surface area contributed by atoms with Crippen molar-refractivity contribution in [2.24, 2.45) is 0 Å². The molecule has 0 radical (unpaired) electrons. The number of nitrogens with one attached hydrogen (secondary N) is 1. The van der Waals surface area contributed by atoms with E-state index in [0.717, 1.165) is 26.1 Å². The second-order valence-electron chi connectivity index (χ2n) is 5.37. The molecule has 0 aromatic heterocycles. The van der Waals surface area contributed by atoms with Crippen molar-refractivity contribution in [1.82, 2.24) is 10.2 Å². The lowest BCUT2D eigenvalue weighted by Crippen LogP contribution is -2.40. The molecule has 0 heterocycles. The molecular formula is C17H30N2. The van der Waals surface area contributed by atoms with Gasteiger partial charge in [-0.25, -0.2) is 0 Å². The van der Waals surface area contributed by atoms with Gasteiger partial charge in [-0.15, -0.1) is 0 Å². The van der Waals surface area contributed by atoms with Crippen molar-refractivity contribution in [1.29, 1.82) is 0 Å². The SMILES string of the molecule is CCc1ccc(C(C)NC(C)CN(CC)CC)cc1. The van der Waals surface area contributed by atoms with Crippen molar-refractivity contribution in [3.05, 3.63) is 35.4 Å². The van der Waals surface area contributed by atoms with Gasteiger partial charge in [-0.2, -0.15) is 0 Å². The van der Waals surface area contributed by atoms with Crippen LogP contribution in [-0.4, -0.2) is 30.6 Å². The zero-order valence-electron chi connectivity index (χ0n) is 13.2. The maximum Gasteiger partial charge on any atom is 0.0294 e. The molecule has 0 spiro atoms. The van der Waals surface area contributed by atoms with Crippen LogP contribution in [0.4, 0.5) is 0 Å². The molecule has 0 fully saturated rings. The van der Waals surface area contributed by atoms with Crippen LogP contribution < -0.4 is 5.32 Å². The Labute approximate surface area is 119 Å². The van der Waals surface area contributed by atoms with E-state index in [9.17, 15) is 0 Å². The van der Waals surface area contributed by atoms with Crippen LogP contribution >= 0.6 is 0 Å². The van der Waals surface area contributed by atoms with Crippen molar-refractivity contribution in [2.75, 3.05) is 19.6 Å². The number of likely N-dealkylation sites (N-methyl/N-ethyl adjacent to an activating group) is 1. The Morgan fingerprint density at radius 1 is 1.00 bits per heavy atom. The molecule has 0 amide bonds. The van der Waals surface area contributed by atoms with E-state index in [1.54, 1.807) is 0 Å². The van der Waals surface area contributed by atoms with Gasteiger partial charge >= 0.3 is 0 Å². The van der Waals surface area contributed by atoms with Crippen molar-refractivity contribution in [3.63, 3.8) is 0 Å². The average molecular weight is 262 g/mol. The maximum absolute atomic E-state index is 3.69. The fourth-order valence-electron chi connectivity index (χ4n) is 2.49. The van der Waals surface area contributed by atoms with E-state index < -0.39 is 0 Å². The van der Waals surface area contributed by atoms with Gasteiger partial charge in [0.2, 0.25) is 0 Å². The van der Waals surface area contributed by atoms with E-state index >= 15 is 0 Å². The van der Waals surface area contributed by atoms with E-state index in [0.29, 0.717) is 12.1 Å². The van der Waals surface area contributed by atoms with Crippen LogP contribution in [-0.2, 0) is 6.42 Å². The lowest BCUT2D eigenvalue weighted by Gasteiger charge is -2.26. The van der Waals surface area contributed by atoms with Crippen LogP contribution in [0.2, 0.25) is 0 Å². The highest BCUT2D eigenvalue weighted by Crippen LogP contribution is 2.14. The molecule has 0 saturated carbocycles. The Morgan fingerprint density at radius 2 is 1.58 bits per heavy atom. The molecule has 1 rings (SSSR count). The molecule has 1 aromatic carbocycles. The Bertz CT molecular complexity index is 341. The number of benzene rings is 1. The maximum atomic E-state index is 3.69. The molecule has 2 unspecified atom stereocenters. The molecular weight excluding hydrogens is 232 g/mol. The van der Waals surface area contributed by atoms with Gasteiger partial charge in [-0.1, -0.05) is 45.0 Å². The summed E-state index contributed by atoms with van der Waals surface area (Å²) in [5, 5.41) is 3.69. The fourth-order valence-corrected chi connectivity index (χ4v) is 2.49. The van der Waals surface area contributed by atoms with Gasteiger partial charge in [-0.3, -0.25) is 0 Å². The third-order valence-corrected chi connectivity index (χ3v) is 3.85. The highest BCUT2D eigenvalue weighted by molar-refractivity contribution is 5.24. The standard InChI is InChI=1S/C17H30N2/c1-6-16-9-11-17(12-10-16)15(5)18-14(4)13-19(7-2)8-3/h9-12,14-15,18H,6-8,13H2,1-5H3. The van der Waals surface area contributed by atoms with Gasteiger partial charge < -0.3 is 10.2 Å². The van der Waals surface area contributed by atoms with E-state index in [4.69, 9.17) is 0 Å². The first-order valence-corrected chi connectivity index (χ1v) is 7.67. The predicted octanol–water partition coefficient (Wildman–Crippen LogP) is 3.63. The zero-order chi connectivity index (χ0) is 14.3. The molecule has 0 aliphatic rings. The normalized spacial score (nSPS) is 14.6. The first kappa shape index (κ1) is 16.2. The summed E-state index contributed by atoms with van der Waals surface area (Å²) in [6.07, 6.45) is 1.11. The van der Waals surface area contributed by atoms with Gasteiger partial charge in [0.15, 0.2) is 0 Å². The Balaban J connectivity index is 2.50. The predicted molar refractivity (Wildman–Crippen MR) is 84.6 cm³/mol. The van der Waals surface area contributed by atoms with Gasteiger partial charge in [0, 0.05) is 18.6 Å². The summed E-state index contributed by atoms with van der Waals surface area (Å²) in [5.41, 5.74) is 2.79. The fraction of sp³-hybridized carbons (Fsp3) is 0.647. The number of nitrogens with zero attached hydrogens (tertiary/aromatic N) is 1. The van der Waals surface area contributed by atoms with Crippen molar-refractivity contribution < 1.29 is 0 Å². The van der Waals surface area contributed by atoms with Gasteiger partial charge in [0.05, 0.1) is 0 Å². The van der Waals surface area contributed by atoms with E-state index in [1.807, 2.05) is 0 Å². The van der Waals surface area contributed by atoms with Crippen LogP contribution in [0.1, 0.15) is 51.8 Å². The molecule has 1 aromatic rings. The van der Waals surface area contributed by atoms with Crippen molar-refractivity contribution >= 4 is 0 Å². The van der Waals surface area contributed by atoms with Gasteiger partial charge in [-0.05, 0) is 44.5 Å². The Morgan fingerprint density at radius 3 is 2.05 bits per heavy atom. The smallest absolute Gasteiger partial charge is 0.0294 e. The zero-order valence-corrected chi connectivity index (χ0v) is 13.2. The third kappa shape index (κ3) is 5.33. The molecule has 0 aliphatic heterocycles. The number of aryl methyl sites for hydroxylation is 1. The minimum absolute atomic E-state index is 0.413. The minimum Gasteiger partial charge on any atom is -0.306 e. The summed E-state index contributed by atoms with van der Waals surface area (Å²) in [6, 6.07) is 9.91. The van der Waals surface area contributed by atoms with Crippen molar-refractivity contribution in [3.8, 4) is 0 Å². The highest BCUT2D eigenvalue weighted by Gasteiger charge is 2.11. The van der Waals surface area contributed by atoms with Crippen LogP contribution in [0, 0.1) is 0 Å². The van der Waals surface area contributed by atoms with Crippen LogP contribution in [0.15, 0.2) is 24.3 Å². The summed E-state index contributed by atoms with van der Waals surface area (Å²) in [7, 11) is 0. The Hall–Kier alpha value is -0.860. The molecule has 0 saturated heterocycles. The summed E-state index contributed by atoms with van der Waals surface area (Å²) >= 11 is 0. The van der Waals surface area contributed by atoms with Gasteiger partial charge in [0.25, 0.3) is 0 Å². The van der Waals surface area contributed by atoms with E-state index in [2.05, 4.69) is 69.1 Å². The number of hydrogen-bond donors (Lipinski definition) is 1. The van der Waals surface area contributed by atoms with Crippen LogP contribution in [0.5, 0.6) is 0 Å². The molecule has 0 bridgehead atoms. The van der Waals surface area contributed by atoms with E-state index in [1.165, 1.54) is 11.1 Å². The monoisotopic (exact) mass is 262 g/mol. The van der Waals surface area contributed by atoms with Crippen molar-refractivity contribution in [2.45, 2.75) is 53.1 Å². The highest BCUT2D eigenvalue weighted by atomic mass is 15.1. The molecule has 108 valence electrons. The second-order valence-corrected chi connectivity index (χ2v) is 5.37. The molecule has 0 aliphatic carbocycles. The van der Waals surface area contributed by atoms with E-state index in [-0.39, 0.29) is 0 Å². The largest absolute Gasteiger partial charge is 0.306 e. The summed E-state index contributed by atoms with van der Waals surface area (Å²) in [6.45, 7) is 14.5. The topological polar surface area (TPSA) is 15.3 Å². The molecule has 1 N–H and O–H groups in total. The minimum atomic E-state index is 0.413. The first-order chi connectivity index (χ1) is 9.10. The summed E-state index contributed by atoms with van der Waals surface area (Å²) < 4.78 is 0. The van der Waals surface area contributed by atoms with Crippen LogP contribution in [0.3, 0.4) is 0 Å². The Kier molecular flexibility index (Phi) is 7.11. The average Bonchev–Trinajstić information content (AvgIpc) is 2.44. The molecule has 2 atom stereocenters. The second kappa shape index (κ2) is 8.34. The summed E-state index contributed by atoms with van der Waals surface area (Å²) in [5.74, 6) is 0. The third-order valence-electron chi connectivity index (χ3n) is 3.85. The lowest BCUT2D eigenvalue weighted by atomic mass is 10.0. The number of rotatable bonds is 8. The quantitative estimate of drug-likeness (QED) is 0.769. The molecule has 19 heavy (non-hydrogen) atoms. The lowest BCUT2D eigenvalue weighted by molar-refractivity contribution is 0.264. The summed E-state index contributed by atoms with van der Waals surface area (Å²) in [4.78, 5) is 2.46. The molecule has 2 heteroatoms. The molecule has 2 nitrogen and oxygen atoms in total. The van der Waals surface area contributed by atoms with Crippen LogP contribution in [0.25, 0.3) is 0 Å². The number of hydrogen-bond acceptors (Lipinski definition) is 2.